The minimum atomic E-state index is -2.74. The van der Waals surface area contributed by atoms with E-state index in [1.807, 2.05) is 18.2 Å². The summed E-state index contributed by atoms with van der Waals surface area (Å²) < 4.78 is 32.5. The lowest BCUT2D eigenvalue weighted by Gasteiger charge is -2.12. The minimum absolute atomic E-state index is 0.180. The molecule has 0 spiro atoms. The summed E-state index contributed by atoms with van der Waals surface area (Å²) in [5.41, 5.74) is 1.68. The molecule has 0 aliphatic carbocycles. The highest BCUT2D eigenvalue weighted by atomic mass is 35.5. The van der Waals surface area contributed by atoms with Crippen LogP contribution in [0.3, 0.4) is 0 Å². The molecule has 1 amide bonds. The number of aryl methyl sites for hydroxylation is 1. The highest BCUT2D eigenvalue weighted by Gasteiger charge is 2.19. The number of carbonyl (C=O) groups excluding carboxylic acids is 1. The molecule has 0 aliphatic heterocycles. The Morgan fingerprint density at radius 2 is 1.92 bits per heavy atom. The van der Waals surface area contributed by atoms with Crippen LogP contribution >= 0.6 is 11.6 Å². The fourth-order valence-electron chi connectivity index (χ4n) is 2.56. The number of ether oxygens (including phenoxy) is 1. The first-order valence-electron chi connectivity index (χ1n) is 7.72. The predicted octanol–water partition coefficient (Wildman–Crippen LogP) is 5.89. The van der Waals surface area contributed by atoms with Crippen LogP contribution in [0, 0.1) is 0 Å². The quantitative estimate of drug-likeness (QED) is 0.616. The number of amides is 1. The van der Waals surface area contributed by atoms with E-state index in [1.165, 1.54) is 17.0 Å². The fourth-order valence-corrected chi connectivity index (χ4v) is 2.75. The molecule has 26 heavy (non-hydrogen) atoms. The molecule has 2 aromatic carbocycles. The molecule has 0 atom stereocenters. The van der Waals surface area contributed by atoms with Gasteiger partial charge in [0.25, 0.3) is 6.43 Å². The van der Waals surface area contributed by atoms with Gasteiger partial charge < -0.3 is 9.30 Å². The van der Waals surface area contributed by atoms with Crippen molar-refractivity contribution in [2.24, 2.45) is 7.05 Å². The smallest absolute Gasteiger partial charge is 0.408 e. The predicted molar refractivity (Wildman–Crippen MR) is 96.9 cm³/mol. The van der Waals surface area contributed by atoms with Gasteiger partial charge in [0.05, 0.1) is 11.3 Å². The van der Waals surface area contributed by atoms with Crippen molar-refractivity contribution in [1.82, 2.24) is 4.57 Å². The number of anilines is 1. The Bertz CT molecular complexity index is 941. The standard InChI is InChI=1S/C19H15ClF2N2O2/c1-24-10-15(18(21)22)17(11-24)26-19(25)23-16-8-3-2-7-14(16)12-5-4-6-13(20)9-12/h2-11,18H,1H3,(H,23,25). The van der Waals surface area contributed by atoms with Crippen LogP contribution in [0.25, 0.3) is 11.1 Å². The van der Waals surface area contributed by atoms with Gasteiger partial charge in [-0.25, -0.2) is 13.6 Å². The van der Waals surface area contributed by atoms with Crippen LogP contribution in [0.1, 0.15) is 12.0 Å². The van der Waals surface area contributed by atoms with E-state index >= 15 is 0 Å². The van der Waals surface area contributed by atoms with E-state index in [1.54, 1.807) is 37.4 Å². The van der Waals surface area contributed by atoms with E-state index < -0.39 is 12.5 Å². The Labute approximate surface area is 154 Å². The van der Waals surface area contributed by atoms with E-state index in [4.69, 9.17) is 16.3 Å². The number of aromatic nitrogens is 1. The molecule has 1 heterocycles. The van der Waals surface area contributed by atoms with Crippen molar-refractivity contribution < 1.29 is 18.3 Å². The van der Waals surface area contributed by atoms with Gasteiger partial charge in [0.2, 0.25) is 0 Å². The van der Waals surface area contributed by atoms with Crippen molar-refractivity contribution >= 4 is 23.4 Å². The van der Waals surface area contributed by atoms with Crippen molar-refractivity contribution in [2.75, 3.05) is 5.32 Å². The highest BCUT2D eigenvalue weighted by Crippen LogP contribution is 2.32. The average molecular weight is 377 g/mol. The van der Waals surface area contributed by atoms with Gasteiger partial charge in [-0.2, -0.15) is 0 Å². The van der Waals surface area contributed by atoms with Gasteiger partial charge in [-0.1, -0.05) is 41.9 Å². The van der Waals surface area contributed by atoms with Crippen LogP contribution in [0.4, 0.5) is 19.3 Å². The maximum Gasteiger partial charge on any atom is 0.417 e. The lowest BCUT2D eigenvalue weighted by Crippen LogP contribution is -2.17. The first kappa shape index (κ1) is 17.9. The zero-order valence-corrected chi connectivity index (χ0v) is 14.5. The van der Waals surface area contributed by atoms with Gasteiger partial charge in [0.15, 0.2) is 5.75 Å². The summed E-state index contributed by atoms with van der Waals surface area (Å²) in [5, 5.41) is 3.15. The second kappa shape index (κ2) is 7.58. The second-order valence-corrected chi connectivity index (χ2v) is 6.05. The molecular weight excluding hydrogens is 362 g/mol. The minimum Gasteiger partial charge on any atom is -0.408 e. The number of hydrogen-bond acceptors (Lipinski definition) is 2. The van der Waals surface area contributed by atoms with Gasteiger partial charge in [-0.05, 0) is 23.8 Å². The van der Waals surface area contributed by atoms with Gasteiger partial charge in [-0.3, -0.25) is 5.32 Å². The molecule has 1 N–H and O–H groups in total. The zero-order chi connectivity index (χ0) is 18.7. The Kier molecular flexibility index (Phi) is 5.23. The van der Waals surface area contributed by atoms with Crippen LogP contribution in [0.2, 0.25) is 5.02 Å². The number of benzene rings is 2. The molecular formula is C19H15ClF2N2O2. The number of hydrogen-bond donors (Lipinski definition) is 1. The van der Waals surface area contributed by atoms with Crippen LogP contribution in [0.5, 0.6) is 5.75 Å². The van der Waals surface area contributed by atoms with Crippen molar-refractivity contribution in [1.29, 1.82) is 0 Å². The first-order chi connectivity index (χ1) is 12.4. The average Bonchev–Trinajstić information content (AvgIpc) is 2.96. The molecule has 0 unspecified atom stereocenters. The van der Waals surface area contributed by atoms with E-state index in [0.717, 1.165) is 11.1 Å². The van der Waals surface area contributed by atoms with Crippen molar-refractivity contribution in [2.45, 2.75) is 6.43 Å². The molecule has 4 nitrogen and oxygen atoms in total. The van der Waals surface area contributed by atoms with Gasteiger partial charge in [0, 0.05) is 30.0 Å². The third-order valence-corrected chi connectivity index (χ3v) is 3.92. The summed E-state index contributed by atoms with van der Waals surface area (Å²) in [4.78, 5) is 12.2. The largest absolute Gasteiger partial charge is 0.417 e. The molecule has 3 rings (SSSR count). The maximum absolute atomic E-state index is 13.0. The Morgan fingerprint density at radius 1 is 1.15 bits per heavy atom. The Morgan fingerprint density at radius 3 is 2.65 bits per heavy atom. The monoisotopic (exact) mass is 376 g/mol. The summed E-state index contributed by atoms with van der Waals surface area (Å²) in [7, 11) is 1.57. The van der Waals surface area contributed by atoms with Crippen molar-refractivity contribution in [3.63, 3.8) is 0 Å². The summed E-state index contributed by atoms with van der Waals surface area (Å²) in [5.74, 6) is -0.180. The molecule has 134 valence electrons. The van der Waals surface area contributed by atoms with Gasteiger partial charge >= 0.3 is 6.09 Å². The highest BCUT2D eigenvalue weighted by molar-refractivity contribution is 6.30. The van der Waals surface area contributed by atoms with Gasteiger partial charge in [-0.15, -0.1) is 0 Å². The van der Waals surface area contributed by atoms with Crippen LogP contribution in [0.15, 0.2) is 60.9 Å². The lowest BCUT2D eigenvalue weighted by atomic mass is 10.0. The van der Waals surface area contributed by atoms with Crippen LogP contribution < -0.4 is 10.1 Å². The summed E-state index contributed by atoms with van der Waals surface area (Å²) >= 11 is 6.02. The van der Waals surface area contributed by atoms with E-state index in [9.17, 15) is 13.6 Å². The second-order valence-electron chi connectivity index (χ2n) is 5.61. The molecule has 0 saturated carbocycles. The normalized spacial score (nSPS) is 10.8. The molecule has 0 radical (unpaired) electrons. The number of para-hydroxylation sites is 1. The van der Waals surface area contributed by atoms with E-state index in [2.05, 4.69) is 5.32 Å². The molecule has 7 heteroatoms. The molecule has 0 bridgehead atoms. The molecule has 0 saturated heterocycles. The van der Waals surface area contributed by atoms with E-state index in [0.29, 0.717) is 10.7 Å². The number of alkyl halides is 2. The van der Waals surface area contributed by atoms with E-state index in [-0.39, 0.29) is 11.3 Å². The number of carbonyl (C=O) groups is 1. The Hall–Kier alpha value is -2.86. The van der Waals surface area contributed by atoms with Crippen molar-refractivity contribution in [3.05, 3.63) is 71.5 Å². The number of halogens is 3. The lowest BCUT2D eigenvalue weighted by molar-refractivity contribution is 0.147. The summed E-state index contributed by atoms with van der Waals surface area (Å²) in [6, 6.07) is 14.2. The van der Waals surface area contributed by atoms with Gasteiger partial charge in [0.1, 0.15) is 0 Å². The first-order valence-corrected chi connectivity index (χ1v) is 8.09. The zero-order valence-electron chi connectivity index (χ0n) is 13.7. The fraction of sp³-hybridized carbons (Fsp3) is 0.105. The third kappa shape index (κ3) is 4.03. The van der Waals surface area contributed by atoms with Crippen molar-refractivity contribution in [3.8, 4) is 16.9 Å². The van der Waals surface area contributed by atoms with Crippen LogP contribution in [-0.2, 0) is 7.05 Å². The Balaban J connectivity index is 1.83. The maximum atomic E-state index is 13.0. The third-order valence-electron chi connectivity index (χ3n) is 3.69. The molecule has 0 fully saturated rings. The van der Waals surface area contributed by atoms with Crippen LogP contribution in [-0.4, -0.2) is 10.7 Å². The molecule has 3 aromatic rings. The molecule has 1 aromatic heterocycles. The topological polar surface area (TPSA) is 43.3 Å². The summed E-state index contributed by atoms with van der Waals surface area (Å²) in [6.07, 6.45) is -1.05. The number of rotatable bonds is 4. The number of nitrogens with zero attached hydrogens (tertiary/aromatic N) is 1. The SMILES string of the molecule is Cn1cc(OC(=O)Nc2ccccc2-c2cccc(Cl)c2)c(C(F)F)c1. The number of nitrogens with one attached hydrogen (secondary N) is 1. The summed E-state index contributed by atoms with van der Waals surface area (Å²) in [6.45, 7) is 0. The molecule has 0 aliphatic rings.